The number of nitrogens with zero attached hydrogens (tertiary/aromatic N) is 4. The number of tetrazole rings is 1. The molecule has 0 aliphatic heterocycles. The number of carboxylic acid groups (broad SMARTS) is 1. The lowest BCUT2D eigenvalue weighted by Crippen LogP contribution is -2.14. The molecule has 1 aromatic carbocycles. The molecule has 1 unspecified atom stereocenters. The third-order valence-corrected chi connectivity index (χ3v) is 3.46. The van der Waals surface area contributed by atoms with Gasteiger partial charge in [0.15, 0.2) is 5.82 Å². The van der Waals surface area contributed by atoms with Crippen LogP contribution in [0.1, 0.15) is 18.9 Å². The second kappa shape index (κ2) is 6.00. The van der Waals surface area contributed by atoms with Crippen LogP contribution in [0.15, 0.2) is 18.2 Å². The zero-order chi connectivity index (χ0) is 14.7. The summed E-state index contributed by atoms with van der Waals surface area (Å²) in [4.78, 5) is 10.7. The van der Waals surface area contributed by atoms with E-state index < -0.39 is 5.97 Å². The van der Waals surface area contributed by atoms with Crippen molar-refractivity contribution in [1.29, 1.82) is 0 Å². The summed E-state index contributed by atoms with van der Waals surface area (Å²) >= 11 is 6.10. The smallest absolute Gasteiger partial charge is 0.303 e. The van der Waals surface area contributed by atoms with E-state index in [9.17, 15) is 4.79 Å². The quantitative estimate of drug-likeness (QED) is 0.916. The summed E-state index contributed by atoms with van der Waals surface area (Å²) in [5, 5.41) is 21.1. The third kappa shape index (κ3) is 3.14. The van der Waals surface area contributed by atoms with E-state index in [1.165, 1.54) is 0 Å². The van der Waals surface area contributed by atoms with Crippen molar-refractivity contribution in [2.24, 2.45) is 5.92 Å². The Morgan fingerprint density at radius 2 is 2.25 bits per heavy atom. The minimum Gasteiger partial charge on any atom is -0.481 e. The summed E-state index contributed by atoms with van der Waals surface area (Å²) in [5.74, 6) is -0.289. The molecule has 2 aromatic rings. The molecule has 0 saturated carbocycles. The topological polar surface area (TPSA) is 80.9 Å². The molecule has 20 heavy (non-hydrogen) atoms. The van der Waals surface area contributed by atoms with Crippen LogP contribution in [0.4, 0.5) is 0 Å². The van der Waals surface area contributed by atoms with Crippen molar-refractivity contribution < 1.29 is 9.90 Å². The van der Waals surface area contributed by atoms with E-state index in [2.05, 4.69) is 15.5 Å². The van der Waals surface area contributed by atoms with Crippen LogP contribution in [-0.2, 0) is 11.3 Å². The first-order chi connectivity index (χ1) is 9.49. The van der Waals surface area contributed by atoms with E-state index in [1.54, 1.807) is 4.68 Å². The maximum Gasteiger partial charge on any atom is 0.303 e. The first-order valence-corrected chi connectivity index (χ1v) is 6.60. The summed E-state index contributed by atoms with van der Waals surface area (Å²) in [6.07, 6.45) is 0.0772. The molecule has 0 amide bonds. The van der Waals surface area contributed by atoms with Gasteiger partial charge in [-0.05, 0) is 34.9 Å². The van der Waals surface area contributed by atoms with Gasteiger partial charge in [0.25, 0.3) is 0 Å². The summed E-state index contributed by atoms with van der Waals surface area (Å²) < 4.78 is 1.62. The molecule has 7 heteroatoms. The Balaban J connectivity index is 2.29. The van der Waals surface area contributed by atoms with E-state index in [0.717, 1.165) is 11.1 Å². The molecule has 106 valence electrons. The van der Waals surface area contributed by atoms with Crippen molar-refractivity contribution in [2.75, 3.05) is 0 Å². The van der Waals surface area contributed by atoms with Crippen LogP contribution in [0, 0.1) is 12.8 Å². The molecule has 6 nitrogen and oxygen atoms in total. The number of hydrogen-bond acceptors (Lipinski definition) is 4. The highest BCUT2D eigenvalue weighted by atomic mass is 35.5. The van der Waals surface area contributed by atoms with Crippen molar-refractivity contribution in [3.05, 3.63) is 28.8 Å². The van der Waals surface area contributed by atoms with Crippen LogP contribution in [0.5, 0.6) is 0 Å². The van der Waals surface area contributed by atoms with Gasteiger partial charge >= 0.3 is 5.97 Å². The SMILES string of the molecule is Cc1c(Cl)cccc1-c1nnnn1CC(C)CC(=O)O. The summed E-state index contributed by atoms with van der Waals surface area (Å²) in [6.45, 7) is 4.20. The summed E-state index contributed by atoms with van der Waals surface area (Å²) in [6, 6.07) is 5.54. The highest BCUT2D eigenvalue weighted by molar-refractivity contribution is 6.31. The van der Waals surface area contributed by atoms with Crippen LogP contribution in [0.2, 0.25) is 5.02 Å². The zero-order valence-electron chi connectivity index (χ0n) is 11.2. The molecule has 2 rings (SSSR count). The predicted octanol–water partition coefficient (Wildman–Crippen LogP) is 2.41. The van der Waals surface area contributed by atoms with E-state index >= 15 is 0 Å². The highest BCUT2D eigenvalue weighted by Gasteiger charge is 2.16. The molecule has 0 radical (unpaired) electrons. The first kappa shape index (κ1) is 14.5. The van der Waals surface area contributed by atoms with Crippen LogP contribution in [0.25, 0.3) is 11.4 Å². The Kier molecular flexibility index (Phi) is 4.34. The van der Waals surface area contributed by atoms with Gasteiger partial charge in [-0.25, -0.2) is 4.68 Å². The number of aliphatic carboxylic acids is 1. The standard InChI is InChI=1S/C13H15ClN4O2/c1-8(6-12(19)20)7-18-13(15-16-17-18)10-4-3-5-11(14)9(10)2/h3-5,8H,6-7H2,1-2H3,(H,19,20). The average Bonchev–Trinajstić information content (AvgIpc) is 2.79. The maximum atomic E-state index is 10.7. The van der Waals surface area contributed by atoms with Gasteiger partial charge in [-0.15, -0.1) is 5.10 Å². The fourth-order valence-corrected chi connectivity index (χ4v) is 2.20. The van der Waals surface area contributed by atoms with E-state index in [-0.39, 0.29) is 12.3 Å². The van der Waals surface area contributed by atoms with Gasteiger partial charge < -0.3 is 5.11 Å². The van der Waals surface area contributed by atoms with Crippen molar-refractivity contribution in [3.63, 3.8) is 0 Å². The maximum absolute atomic E-state index is 10.7. The van der Waals surface area contributed by atoms with E-state index in [0.29, 0.717) is 17.4 Å². The predicted molar refractivity (Wildman–Crippen MR) is 74.4 cm³/mol. The Morgan fingerprint density at radius 1 is 1.50 bits per heavy atom. The minimum atomic E-state index is -0.828. The average molecular weight is 295 g/mol. The number of carbonyl (C=O) groups is 1. The van der Waals surface area contributed by atoms with Gasteiger partial charge in [-0.1, -0.05) is 30.7 Å². The van der Waals surface area contributed by atoms with E-state index in [4.69, 9.17) is 16.7 Å². The molecular formula is C13H15ClN4O2. The Labute approximate surface area is 121 Å². The summed E-state index contributed by atoms with van der Waals surface area (Å²) in [5.41, 5.74) is 1.75. The van der Waals surface area contributed by atoms with E-state index in [1.807, 2.05) is 32.0 Å². The molecule has 0 saturated heterocycles. The Morgan fingerprint density at radius 3 is 2.95 bits per heavy atom. The van der Waals surface area contributed by atoms with Crippen molar-refractivity contribution in [1.82, 2.24) is 20.2 Å². The number of hydrogen-bond donors (Lipinski definition) is 1. The lowest BCUT2D eigenvalue weighted by molar-refractivity contribution is -0.138. The number of aromatic nitrogens is 4. The number of rotatable bonds is 5. The normalized spacial score (nSPS) is 12.3. The largest absolute Gasteiger partial charge is 0.481 e. The first-order valence-electron chi connectivity index (χ1n) is 6.22. The van der Waals surface area contributed by atoms with Crippen LogP contribution >= 0.6 is 11.6 Å². The lowest BCUT2D eigenvalue weighted by Gasteiger charge is -2.11. The third-order valence-electron chi connectivity index (χ3n) is 3.05. The summed E-state index contributed by atoms with van der Waals surface area (Å²) in [7, 11) is 0. The molecule has 0 aliphatic carbocycles. The molecule has 1 N–H and O–H groups in total. The van der Waals surface area contributed by atoms with Crippen molar-refractivity contribution in [2.45, 2.75) is 26.8 Å². The van der Waals surface area contributed by atoms with Crippen LogP contribution < -0.4 is 0 Å². The molecule has 0 bridgehead atoms. The van der Waals surface area contributed by atoms with Gasteiger partial charge in [-0.2, -0.15) is 0 Å². The molecule has 0 aliphatic rings. The molecule has 1 aromatic heterocycles. The second-order valence-electron chi connectivity index (χ2n) is 4.80. The number of carboxylic acids is 1. The highest BCUT2D eigenvalue weighted by Crippen LogP contribution is 2.26. The number of halogens is 1. The Hall–Kier alpha value is -1.95. The molecular weight excluding hydrogens is 280 g/mol. The van der Waals surface area contributed by atoms with Gasteiger partial charge in [0.2, 0.25) is 0 Å². The van der Waals surface area contributed by atoms with Gasteiger partial charge in [-0.3, -0.25) is 4.79 Å². The van der Waals surface area contributed by atoms with Gasteiger partial charge in [0.1, 0.15) is 0 Å². The fourth-order valence-electron chi connectivity index (χ4n) is 2.03. The lowest BCUT2D eigenvalue weighted by atomic mass is 10.1. The minimum absolute atomic E-state index is 0.0609. The van der Waals surface area contributed by atoms with Gasteiger partial charge in [0, 0.05) is 23.6 Å². The monoisotopic (exact) mass is 294 g/mol. The van der Waals surface area contributed by atoms with Crippen LogP contribution in [-0.4, -0.2) is 31.3 Å². The molecule has 0 spiro atoms. The number of benzene rings is 1. The molecule has 0 fully saturated rings. The Bertz CT molecular complexity index is 627. The van der Waals surface area contributed by atoms with Crippen molar-refractivity contribution in [3.8, 4) is 11.4 Å². The van der Waals surface area contributed by atoms with Crippen LogP contribution in [0.3, 0.4) is 0 Å². The zero-order valence-corrected chi connectivity index (χ0v) is 12.0. The van der Waals surface area contributed by atoms with Crippen molar-refractivity contribution >= 4 is 17.6 Å². The second-order valence-corrected chi connectivity index (χ2v) is 5.21. The van der Waals surface area contributed by atoms with Gasteiger partial charge in [0.05, 0.1) is 0 Å². The molecule has 1 atom stereocenters. The fraction of sp³-hybridized carbons (Fsp3) is 0.385. The molecule has 1 heterocycles.